The van der Waals surface area contributed by atoms with Crippen molar-refractivity contribution in [2.75, 3.05) is 39.5 Å². The summed E-state index contributed by atoms with van der Waals surface area (Å²) in [6.45, 7) is 1.75. The molecule has 0 aliphatic carbocycles. The van der Waals surface area contributed by atoms with Crippen molar-refractivity contribution in [3.63, 3.8) is 0 Å². The number of nitrogens with one attached hydrogen (secondary N) is 1. The highest BCUT2D eigenvalue weighted by molar-refractivity contribution is 5.87. The van der Waals surface area contributed by atoms with Crippen LogP contribution >= 0.6 is 0 Å². The predicted octanol–water partition coefficient (Wildman–Crippen LogP) is -2.39. The summed E-state index contributed by atoms with van der Waals surface area (Å²) in [5.74, 6) is -1.11. The molecule has 0 aromatic carbocycles. The molecule has 1 atom stereocenters. The second kappa shape index (κ2) is 10.7. The van der Waals surface area contributed by atoms with Crippen molar-refractivity contribution in [3.05, 3.63) is 0 Å². The normalized spacial score (nSPS) is 17.9. The Balaban J connectivity index is 0.000000342. The van der Waals surface area contributed by atoms with Gasteiger partial charge in [0.05, 0.1) is 19.8 Å². The smallest absolute Gasteiger partial charge is 0.326 e. The van der Waals surface area contributed by atoms with E-state index < -0.39 is 12.0 Å². The van der Waals surface area contributed by atoms with Crippen molar-refractivity contribution in [1.29, 1.82) is 0 Å². The molecule has 1 heterocycles. The van der Waals surface area contributed by atoms with Crippen LogP contribution in [-0.2, 0) is 9.59 Å². The average Bonchev–Trinajstić information content (AvgIpc) is 2.78. The van der Waals surface area contributed by atoms with Crippen LogP contribution in [0.25, 0.3) is 0 Å². The monoisotopic (exact) mass is 278 g/mol. The first-order chi connectivity index (χ1) is 9.04. The molecule has 1 fully saturated rings. The molecule has 0 unspecified atom stereocenters. The number of carboxylic acids is 1. The van der Waals surface area contributed by atoms with Gasteiger partial charge in [0.2, 0.25) is 5.91 Å². The van der Waals surface area contributed by atoms with Gasteiger partial charge >= 0.3 is 5.97 Å². The van der Waals surface area contributed by atoms with Crippen molar-refractivity contribution >= 4 is 11.9 Å². The van der Waals surface area contributed by atoms with Gasteiger partial charge in [-0.15, -0.1) is 0 Å². The molecule has 1 aliphatic heterocycles. The predicted molar refractivity (Wildman–Crippen MR) is 66.5 cm³/mol. The third-order valence-electron chi connectivity index (χ3n) is 2.54. The zero-order chi connectivity index (χ0) is 14.7. The van der Waals surface area contributed by atoms with E-state index >= 15 is 0 Å². The molecule has 8 nitrogen and oxygen atoms in total. The van der Waals surface area contributed by atoms with Gasteiger partial charge in [0, 0.05) is 26.1 Å². The number of rotatable bonds is 7. The lowest BCUT2D eigenvalue weighted by Crippen LogP contribution is -2.32. The van der Waals surface area contributed by atoms with E-state index in [0.717, 1.165) is 0 Å². The van der Waals surface area contributed by atoms with Crippen molar-refractivity contribution < 1.29 is 30.0 Å². The van der Waals surface area contributed by atoms with Crippen LogP contribution in [0.5, 0.6) is 0 Å². The Bertz CT molecular complexity index is 260. The SMILES string of the molecule is O=C1CC[C@H](C(=O)O)N1.OCCN(CCO)CCO. The largest absolute Gasteiger partial charge is 0.480 e. The Kier molecular flexibility index (Phi) is 9.99. The van der Waals surface area contributed by atoms with Gasteiger partial charge in [-0.05, 0) is 6.42 Å². The van der Waals surface area contributed by atoms with Crippen molar-refractivity contribution in [1.82, 2.24) is 10.2 Å². The van der Waals surface area contributed by atoms with Gasteiger partial charge < -0.3 is 25.7 Å². The van der Waals surface area contributed by atoms with E-state index in [9.17, 15) is 9.59 Å². The maximum atomic E-state index is 10.4. The van der Waals surface area contributed by atoms with E-state index in [1.54, 1.807) is 4.90 Å². The summed E-state index contributed by atoms with van der Waals surface area (Å²) < 4.78 is 0. The fourth-order valence-electron chi connectivity index (χ4n) is 1.56. The van der Waals surface area contributed by atoms with Gasteiger partial charge in [-0.2, -0.15) is 0 Å². The Morgan fingerprint density at radius 3 is 1.84 bits per heavy atom. The number of hydrogen-bond donors (Lipinski definition) is 5. The average molecular weight is 278 g/mol. The minimum absolute atomic E-state index is 0.0694. The molecule has 0 radical (unpaired) electrons. The lowest BCUT2D eigenvalue weighted by molar-refractivity contribution is -0.140. The molecule has 1 amide bonds. The summed E-state index contributed by atoms with van der Waals surface area (Å²) in [5, 5.41) is 36.1. The first kappa shape index (κ1) is 17.8. The molecule has 0 spiro atoms. The molecule has 112 valence electrons. The first-order valence-electron chi connectivity index (χ1n) is 6.12. The number of carbonyl (C=O) groups excluding carboxylic acids is 1. The third kappa shape index (κ3) is 8.49. The summed E-state index contributed by atoms with van der Waals surface area (Å²) in [4.78, 5) is 22.3. The number of carboxylic acid groups (broad SMARTS) is 1. The second-order valence-electron chi connectivity index (χ2n) is 4.01. The van der Waals surface area contributed by atoms with Crippen molar-refractivity contribution in [2.24, 2.45) is 0 Å². The number of aliphatic carboxylic acids is 1. The fraction of sp³-hybridized carbons (Fsp3) is 0.818. The van der Waals surface area contributed by atoms with Crippen molar-refractivity contribution in [3.8, 4) is 0 Å². The molecular weight excluding hydrogens is 256 g/mol. The van der Waals surface area contributed by atoms with E-state index in [2.05, 4.69) is 5.32 Å². The number of aliphatic hydroxyl groups excluding tert-OH is 3. The summed E-state index contributed by atoms with van der Waals surface area (Å²) in [6.07, 6.45) is 0.769. The van der Waals surface area contributed by atoms with Gasteiger partial charge in [0.25, 0.3) is 0 Å². The van der Waals surface area contributed by atoms with Gasteiger partial charge in [0.15, 0.2) is 0 Å². The van der Waals surface area contributed by atoms with Gasteiger partial charge in [-0.1, -0.05) is 0 Å². The number of aliphatic hydroxyl groups is 3. The summed E-state index contributed by atoms with van der Waals surface area (Å²) >= 11 is 0. The Hall–Kier alpha value is -1.22. The van der Waals surface area contributed by atoms with E-state index in [4.69, 9.17) is 20.4 Å². The van der Waals surface area contributed by atoms with E-state index in [0.29, 0.717) is 32.5 Å². The molecule has 1 rings (SSSR count). The van der Waals surface area contributed by atoms with Gasteiger partial charge in [0.1, 0.15) is 6.04 Å². The van der Waals surface area contributed by atoms with Gasteiger partial charge in [-0.25, -0.2) is 4.79 Å². The van der Waals surface area contributed by atoms with E-state index in [-0.39, 0.29) is 25.7 Å². The summed E-state index contributed by atoms with van der Waals surface area (Å²) in [6, 6.07) is -0.641. The number of amides is 1. The fourth-order valence-corrected chi connectivity index (χ4v) is 1.56. The van der Waals surface area contributed by atoms with Crippen LogP contribution in [-0.4, -0.2) is 82.7 Å². The Morgan fingerprint density at radius 1 is 1.16 bits per heavy atom. The van der Waals surface area contributed by atoms with Crippen molar-refractivity contribution in [2.45, 2.75) is 18.9 Å². The standard InChI is InChI=1S/C6H15NO3.C5H7NO3/c8-4-1-7(2-5-9)3-6-10;7-4-2-1-3(6-4)5(8)9/h8-10H,1-6H2;3H,1-2H2,(H,6,7)(H,8,9)/t;3-/m.1/s1. The quantitative estimate of drug-likeness (QED) is 0.351. The molecule has 0 bridgehead atoms. The molecule has 0 aromatic rings. The Morgan fingerprint density at radius 2 is 1.63 bits per heavy atom. The molecule has 0 aromatic heterocycles. The van der Waals surface area contributed by atoms with Crippen LogP contribution in [0.15, 0.2) is 0 Å². The maximum Gasteiger partial charge on any atom is 0.326 e. The minimum atomic E-state index is -0.944. The zero-order valence-corrected chi connectivity index (χ0v) is 10.8. The number of nitrogens with zero attached hydrogens (tertiary/aromatic N) is 1. The highest BCUT2D eigenvalue weighted by atomic mass is 16.4. The van der Waals surface area contributed by atoms with Crippen LogP contribution in [0.2, 0.25) is 0 Å². The summed E-state index contributed by atoms with van der Waals surface area (Å²) in [5.41, 5.74) is 0. The number of hydrogen-bond acceptors (Lipinski definition) is 6. The minimum Gasteiger partial charge on any atom is -0.480 e. The van der Waals surface area contributed by atoms with Crippen LogP contribution in [0, 0.1) is 0 Å². The lowest BCUT2D eigenvalue weighted by Gasteiger charge is -2.17. The summed E-state index contributed by atoms with van der Waals surface area (Å²) in [7, 11) is 0. The highest BCUT2D eigenvalue weighted by Crippen LogP contribution is 2.05. The third-order valence-corrected chi connectivity index (χ3v) is 2.54. The molecule has 19 heavy (non-hydrogen) atoms. The molecule has 1 aliphatic rings. The second-order valence-corrected chi connectivity index (χ2v) is 4.01. The van der Waals surface area contributed by atoms with Gasteiger partial charge in [-0.3, -0.25) is 9.69 Å². The topological polar surface area (TPSA) is 130 Å². The maximum absolute atomic E-state index is 10.4. The van der Waals surface area contributed by atoms with Crippen LogP contribution in [0.4, 0.5) is 0 Å². The zero-order valence-electron chi connectivity index (χ0n) is 10.8. The number of carbonyl (C=O) groups is 2. The van der Waals surface area contributed by atoms with Crippen LogP contribution in [0.1, 0.15) is 12.8 Å². The van der Waals surface area contributed by atoms with Crippen LogP contribution in [0.3, 0.4) is 0 Å². The molecule has 8 heteroatoms. The molecule has 5 N–H and O–H groups in total. The Labute approximate surface area is 111 Å². The van der Waals surface area contributed by atoms with E-state index in [1.807, 2.05) is 0 Å². The van der Waals surface area contributed by atoms with E-state index in [1.165, 1.54) is 0 Å². The molecular formula is C11H22N2O6. The molecule has 0 saturated carbocycles. The first-order valence-corrected chi connectivity index (χ1v) is 6.12. The highest BCUT2D eigenvalue weighted by Gasteiger charge is 2.26. The lowest BCUT2D eigenvalue weighted by atomic mass is 10.2. The molecule has 1 saturated heterocycles. The van der Waals surface area contributed by atoms with Crippen LogP contribution < -0.4 is 5.32 Å².